The molecule has 0 bridgehead atoms. The maximum atomic E-state index is 0. The molecule has 19 heavy (non-hydrogen) atoms. The van der Waals surface area contributed by atoms with Gasteiger partial charge < -0.3 is 60.2 Å². The average Bonchev–Trinajstić information content (AvgIpc) is 0. The molecule has 0 aromatic carbocycles. The van der Waals surface area contributed by atoms with Gasteiger partial charge in [0.25, 0.3) is 0 Å². The van der Waals surface area contributed by atoms with Gasteiger partial charge in [0.05, 0.1) is 0 Å². The van der Waals surface area contributed by atoms with Gasteiger partial charge in [0.1, 0.15) is 0 Å². The van der Waals surface area contributed by atoms with Crippen molar-refractivity contribution in [3.63, 3.8) is 0 Å². The third-order valence-electron chi connectivity index (χ3n) is 0. The molecule has 0 unspecified atom stereocenters. The predicted octanol–water partition coefficient (Wildman–Crippen LogP) is -2.08. The van der Waals surface area contributed by atoms with Gasteiger partial charge in [0.15, 0.2) is 0 Å². The molecule has 0 fully saturated rings. The van der Waals surface area contributed by atoms with Gasteiger partial charge >= 0.3 is 192 Å². The van der Waals surface area contributed by atoms with Crippen LogP contribution in [0.1, 0.15) is 0 Å². The molecule has 11 nitrogen and oxygen atoms in total. The molecule has 0 saturated carbocycles. The van der Waals surface area contributed by atoms with Crippen LogP contribution in [0.5, 0.6) is 0 Å². The summed E-state index contributed by atoms with van der Waals surface area (Å²) in [6.07, 6.45) is 0. The van der Waals surface area contributed by atoms with Crippen molar-refractivity contribution < 1.29 is 200 Å². The Kier molecular flexibility index (Phi) is 8110. The summed E-state index contributed by atoms with van der Waals surface area (Å²) in [5.41, 5.74) is 0. The van der Waals surface area contributed by atoms with Gasteiger partial charge in [-0.25, -0.2) is 0 Å². The van der Waals surface area contributed by atoms with E-state index >= 15 is 0 Å². The molecule has 0 heterocycles. The molecule has 19 heteroatoms. The smallest absolute Gasteiger partial charge is 2.00 e. The minimum absolute atomic E-state index is 0. The average molecular weight is 1090 g/mol. The fraction of sp³-hybridized carbons (Fsp3) is 0. The Bertz CT molecular complexity index is 34.7. The zero-order valence-corrected chi connectivity index (χ0v) is 26.8. The van der Waals surface area contributed by atoms with E-state index in [0.29, 0.717) is 0 Å². The zero-order valence-electron chi connectivity index (χ0n) is 8.00. The Balaban J connectivity index is 0. The van der Waals surface area contributed by atoms with Gasteiger partial charge in [0, 0.05) is 0 Å². The molecule has 112 valence electrons. The Hall–Kier alpha value is 5.79. The Morgan fingerprint density at radius 3 is 0.263 bits per heavy atom. The number of rotatable bonds is 0. The van der Waals surface area contributed by atoms with Gasteiger partial charge in [-0.05, 0) is 0 Å². The molecular weight excluding hydrogens is 1090 g/mol. The van der Waals surface area contributed by atoms with Crippen molar-refractivity contribution in [3.05, 3.63) is 0 Å². The third-order valence-corrected chi connectivity index (χ3v) is 0. The van der Waals surface area contributed by atoms with E-state index in [0.717, 1.165) is 0 Å². The minimum Gasteiger partial charge on any atom is -2.00 e. The van der Waals surface area contributed by atoms with E-state index in [2.05, 4.69) is 0 Å². The molecule has 0 spiro atoms. The van der Waals surface area contributed by atoms with Crippen LogP contribution in [0.25, 0.3) is 0 Å². The maximum absolute atomic E-state index is 0. The first kappa shape index (κ1) is 418. The third kappa shape index (κ3) is 337. The second kappa shape index (κ2) is 368. The van der Waals surface area contributed by atoms with Crippen molar-refractivity contribution in [2.24, 2.45) is 0 Å². The molecule has 0 aliphatic heterocycles. The molecule has 0 N–H and O–H groups in total. The normalized spacial score (nSPS) is 0. The Morgan fingerprint density at radius 1 is 0.263 bits per heavy atom. The molecule has 0 aromatic heterocycles. The van der Waals surface area contributed by atoms with Crippen LogP contribution in [0.3, 0.4) is 0 Å². The topological polar surface area (TPSA) is 314 Å². The molecule has 0 amide bonds. The van der Waals surface area contributed by atoms with E-state index < -0.39 is 0 Å². The summed E-state index contributed by atoms with van der Waals surface area (Å²) >= 11 is 0. The van der Waals surface area contributed by atoms with Crippen LogP contribution in [-0.2, 0) is 129 Å². The van der Waals surface area contributed by atoms with Gasteiger partial charge in [0.2, 0.25) is 0 Å². The standard InChI is InChI=1S/2Bi.2Fe.2La.2Mn.11O/q6*+3;2*+2;11*-2. The molecule has 0 aliphatic rings. The Morgan fingerprint density at radius 2 is 0.263 bits per heavy atom. The molecule has 0 saturated heterocycles. The summed E-state index contributed by atoms with van der Waals surface area (Å²) in [5, 5.41) is 0. The monoisotopic (exact) mass is 1090 g/mol. The van der Waals surface area contributed by atoms with Crippen LogP contribution in [0.15, 0.2) is 0 Å². The number of hydrogen-bond donors (Lipinski definition) is 0. The van der Waals surface area contributed by atoms with Crippen molar-refractivity contribution in [2.75, 3.05) is 0 Å². The van der Waals surface area contributed by atoms with E-state index in [1.165, 1.54) is 0 Å². The summed E-state index contributed by atoms with van der Waals surface area (Å²) < 4.78 is 0. The summed E-state index contributed by atoms with van der Waals surface area (Å²) in [5.74, 6) is 0. The SMILES string of the molecule is [Bi+3].[Bi+3].[Fe+3].[Fe+3].[La+3].[La+3].[Mn+2].[Mn+2].[O-2].[O-2].[O-2].[O-2].[O-2].[O-2].[O-2].[O-2].[O-2].[O-2].[O-2]. The van der Waals surface area contributed by atoms with Crippen LogP contribution >= 0.6 is 0 Å². The summed E-state index contributed by atoms with van der Waals surface area (Å²) in [4.78, 5) is 0. The van der Waals surface area contributed by atoms with Crippen molar-refractivity contribution in [1.29, 1.82) is 0 Å². The Labute approximate surface area is 247 Å². The quantitative estimate of drug-likeness (QED) is 0.236. The van der Waals surface area contributed by atoms with Crippen LogP contribution < -0.4 is 0 Å². The fourth-order valence-corrected chi connectivity index (χ4v) is 0. The van der Waals surface area contributed by atoms with Crippen LogP contribution in [-0.4, -0.2) is 52.4 Å². The predicted molar refractivity (Wildman–Crippen MR) is 19.1 cm³/mol. The minimum atomic E-state index is 0. The zero-order chi connectivity index (χ0) is 0. The summed E-state index contributed by atoms with van der Waals surface area (Å²) in [7, 11) is 0. The summed E-state index contributed by atoms with van der Waals surface area (Å²) in [6.45, 7) is 0. The van der Waals surface area contributed by atoms with E-state index in [9.17, 15) is 0 Å². The van der Waals surface area contributed by atoms with Crippen LogP contribution in [0.4, 0.5) is 0 Å². The first-order chi connectivity index (χ1) is 0. The van der Waals surface area contributed by atoms with Crippen molar-refractivity contribution >= 4 is 52.4 Å². The summed E-state index contributed by atoms with van der Waals surface area (Å²) in [6, 6.07) is 0. The number of hydrogen-bond acceptors (Lipinski definition) is 0. The van der Waals surface area contributed by atoms with Gasteiger partial charge in [-0.15, -0.1) is 0 Å². The molecular formula is Bi2Fe2La2Mn2O11. The van der Waals surface area contributed by atoms with Gasteiger partial charge in [-0.1, -0.05) is 0 Å². The first-order valence-corrected chi connectivity index (χ1v) is 0. The molecule has 0 aromatic rings. The molecule has 0 atom stereocenters. The van der Waals surface area contributed by atoms with Crippen molar-refractivity contribution in [1.82, 2.24) is 0 Å². The second-order valence-electron chi connectivity index (χ2n) is 0. The van der Waals surface area contributed by atoms with Gasteiger partial charge in [-0.3, -0.25) is 0 Å². The van der Waals surface area contributed by atoms with E-state index in [4.69, 9.17) is 0 Å². The van der Waals surface area contributed by atoms with Crippen molar-refractivity contribution in [2.45, 2.75) is 0 Å². The van der Waals surface area contributed by atoms with Gasteiger partial charge in [-0.2, -0.15) is 0 Å². The molecule has 0 aliphatic carbocycles. The van der Waals surface area contributed by atoms with E-state index in [1.807, 2.05) is 0 Å². The van der Waals surface area contributed by atoms with E-state index in [1.54, 1.807) is 0 Å². The second-order valence-corrected chi connectivity index (χ2v) is 0. The maximum Gasteiger partial charge on any atom is 3.00 e. The molecule has 0 rings (SSSR count). The first-order valence-electron chi connectivity index (χ1n) is 0. The van der Waals surface area contributed by atoms with Crippen LogP contribution in [0, 0.1) is 71.2 Å². The fourth-order valence-electron chi connectivity index (χ4n) is 0. The van der Waals surface area contributed by atoms with Crippen molar-refractivity contribution in [3.8, 4) is 0 Å². The largest absolute Gasteiger partial charge is 3.00 e. The van der Waals surface area contributed by atoms with E-state index in [-0.39, 0.29) is 252 Å². The molecule has 8 radical (unpaired) electrons. The van der Waals surface area contributed by atoms with Crippen LogP contribution in [0.2, 0.25) is 0 Å².